The molecule has 0 bridgehead atoms. The van der Waals surface area contributed by atoms with E-state index in [1.54, 1.807) is 34.6 Å². The van der Waals surface area contributed by atoms with Gasteiger partial charge < -0.3 is 19.9 Å². The number of aliphatic carboxylic acids is 1. The minimum atomic E-state index is -1.32. The molecule has 0 saturated heterocycles. The fourth-order valence-corrected chi connectivity index (χ4v) is 4.54. The second-order valence-corrected chi connectivity index (χ2v) is 10.3. The Morgan fingerprint density at radius 3 is 2.47 bits per heavy atom. The number of aryl methyl sites for hydroxylation is 2. The maximum Gasteiger partial charge on any atom is 0.337 e. The number of hydrogen-bond donors (Lipinski definition) is 3. The summed E-state index contributed by atoms with van der Waals surface area (Å²) < 4.78 is 25.0. The van der Waals surface area contributed by atoms with Crippen molar-refractivity contribution in [2.24, 2.45) is 0 Å². The van der Waals surface area contributed by atoms with Gasteiger partial charge in [0, 0.05) is 22.5 Å². The Morgan fingerprint density at radius 1 is 1.11 bits per heavy atom. The molecule has 1 aliphatic rings. The average molecular weight is 522 g/mol. The lowest BCUT2D eigenvalue weighted by molar-refractivity contribution is -0.160. The van der Waals surface area contributed by atoms with E-state index in [2.05, 4.69) is 15.6 Å². The van der Waals surface area contributed by atoms with Crippen molar-refractivity contribution in [2.75, 3.05) is 17.2 Å². The van der Waals surface area contributed by atoms with Crippen LogP contribution in [-0.2, 0) is 16.0 Å². The van der Waals surface area contributed by atoms with Crippen LogP contribution in [0.4, 0.5) is 20.7 Å². The summed E-state index contributed by atoms with van der Waals surface area (Å²) in [5.41, 5.74) is 3.51. The Morgan fingerprint density at radius 2 is 1.82 bits per heavy atom. The summed E-state index contributed by atoms with van der Waals surface area (Å²) in [6.07, 6.45) is 0.435. The molecule has 4 rings (SSSR count). The number of nitrogens with zero attached hydrogens (tertiary/aromatic N) is 1. The number of carbonyl (C=O) groups is 2. The molecule has 200 valence electrons. The van der Waals surface area contributed by atoms with Crippen molar-refractivity contribution in [3.8, 4) is 16.9 Å². The lowest BCUT2D eigenvalue weighted by Gasteiger charge is -2.29. The smallest absolute Gasteiger partial charge is 0.337 e. The number of aromatic nitrogens is 1. The van der Waals surface area contributed by atoms with Crippen LogP contribution in [0.2, 0.25) is 0 Å². The van der Waals surface area contributed by atoms with Crippen LogP contribution in [-0.4, -0.2) is 34.3 Å². The number of halogens is 1. The Hall–Kier alpha value is -3.98. The summed E-state index contributed by atoms with van der Waals surface area (Å²) in [7, 11) is 0. The number of carboxylic acid groups (broad SMARTS) is 1. The summed E-state index contributed by atoms with van der Waals surface area (Å²) in [5.74, 6) is -0.555. The summed E-state index contributed by atoms with van der Waals surface area (Å²) in [4.78, 5) is 30.0. The van der Waals surface area contributed by atoms with Crippen LogP contribution in [0, 0.1) is 19.7 Å². The number of rotatable bonds is 6. The molecule has 3 aromatic rings. The summed E-state index contributed by atoms with van der Waals surface area (Å²) in [6.45, 7) is 9.51. The number of nitrogens with one attached hydrogen (secondary N) is 2. The third kappa shape index (κ3) is 6.11. The molecule has 9 heteroatoms. The van der Waals surface area contributed by atoms with Gasteiger partial charge in [-0.25, -0.2) is 19.0 Å². The second-order valence-electron chi connectivity index (χ2n) is 10.3. The lowest BCUT2D eigenvalue weighted by Crippen LogP contribution is -2.29. The quantitative estimate of drug-likeness (QED) is 0.346. The lowest BCUT2D eigenvalue weighted by atomic mass is 9.89. The van der Waals surface area contributed by atoms with Gasteiger partial charge in [-0.2, -0.15) is 0 Å². The average Bonchev–Trinajstić information content (AvgIpc) is 2.85. The first-order chi connectivity index (χ1) is 17.9. The molecule has 3 N–H and O–H groups in total. The van der Waals surface area contributed by atoms with Gasteiger partial charge in [-0.05, 0) is 101 Å². The van der Waals surface area contributed by atoms with Crippen LogP contribution in [0.15, 0.2) is 42.5 Å². The normalized spacial score (nSPS) is 13.7. The van der Waals surface area contributed by atoms with E-state index in [0.717, 1.165) is 29.7 Å². The van der Waals surface area contributed by atoms with E-state index < -0.39 is 29.5 Å². The predicted octanol–water partition coefficient (Wildman–Crippen LogP) is 6.41. The molecule has 1 aromatic heterocycles. The number of carbonyl (C=O) groups excluding carboxylic acids is 1. The summed E-state index contributed by atoms with van der Waals surface area (Å²) >= 11 is 0. The zero-order valence-corrected chi connectivity index (χ0v) is 22.1. The molecule has 38 heavy (non-hydrogen) atoms. The minimum absolute atomic E-state index is 0.200. The van der Waals surface area contributed by atoms with Gasteiger partial charge in [-0.3, -0.25) is 5.32 Å². The van der Waals surface area contributed by atoms with Crippen molar-refractivity contribution in [3.05, 3.63) is 70.7 Å². The monoisotopic (exact) mass is 521 g/mol. The van der Waals surface area contributed by atoms with Crippen LogP contribution in [0.5, 0.6) is 5.75 Å². The molecule has 0 aliphatic carbocycles. The highest BCUT2D eigenvalue weighted by Gasteiger charge is 2.33. The maximum absolute atomic E-state index is 13.2. The van der Waals surface area contributed by atoms with Crippen molar-refractivity contribution < 1.29 is 28.6 Å². The number of pyridine rings is 1. The van der Waals surface area contributed by atoms with Gasteiger partial charge in [-0.1, -0.05) is 6.07 Å². The fraction of sp³-hybridized carbons (Fsp3) is 0.345. The van der Waals surface area contributed by atoms with Crippen LogP contribution in [0.25, 0.3) is 11.1 Å². The Bertz CT molecular complexity index is 1370. The van der Waals surface area contributed by atoms with E-state index in [9.17, 15) is 19.1 Å². The highest BCUT2D eigenvalue weighted by Crippen LogP contribution is 2.41. The van der Waals surface area contributed by atoms with Crippen molar-refractivity contribution in [1.29, 1.82) is 0 Å². The number of benzene rings is 2. The SMILES string of the molecule is Cc1nc(NC(=O)Nc2ccc(F)cc2)c(C)c(C(OC(C)(C)C)C(=O)O)c1-c1ccc2c(c1)CCCO2. The molecule has 0 fully saturated rings. The van der Waals surface area contributed by atoms with E-state index in [1.165, 1.54) is 24.3 Å². The van der Waals surface area contributed by atoms with E-state index in [0.29, 0.717) is 34.7 Å². The van der Waals surface area contributed by atoms with Gasteiger partial charge in [0.1, 0.15) is 17.4 Å². The molecule has 1 aliphatic heterocycles. The second kappa shape index (κ2) is 10.8. The van der Waals surface area contributed by atoms with E-state index in [1.807, 2.05) is 18.2 Å². The molecular weight excluding hydrogens is 489 g/mol. The fourth-order valence-electron chi connectivity index (χ4n) is 4.54. The van der Waals surface area contributed by atoms with Gasteiger partial charge in [0.2, 0.25) is 0 Å². The highest BCUT2D eigenvalue weighted by molar-refractivity contribution is 6.00. The highest BCUT2D eigenvalue weighted by atomic mass is 19.1. The minimum Gasteiger partial charge on any atom is -0.493 e. The number of hydrogen-bond acceptors (Lipinski definition) is 5. The molecule has 1 atom stereocenters. The molecule has 2 heterocycles. The molecule has 8 nitrogen and oxygen atoms in total. The number of urea groups is 1. The van der Waals surface area contributed by atoms with Crippen LogP contribution in [0.3, 0.4) is 0 Å². The Labute approximate surface area is 221 Å². The van der Waals surface area contributed by atoms with Gasteiger partial charge in [0.05, 0.1) is 12.2 Å². The first-order valence-electron chi connectivity index (χ1n) is 12.4. The zero-order chi connectivity index (χ0) is 27.6. The van der Waals surface area contributed by atoms with Crippen molar-refractivity contribution in [2.45, 2.75) is 59.2 Å². The van der Waals surface area contributed by atoms with Gasteiger partial charge in [0.15, 0.2) is 6.10 Å². The molecule has 0 spiro atoms. The van der Waals surface area contributed by atoms with Crippen LogP contribution >= 0.6 is 0 Å². The number of fused-ring (bicyclic) bond motifs is 1. The van der Waals surface area contributed by atoms with Crippen LogP contribution in [0.1, 0.15) is 55.7 Å². The largest absolute Gasteiger partial charge is 0.493 e. The van der Waals surface area contributed by atoms with Crippen molar-refractivity contribution >= 4 is 23.5 Å². The summed E-state index contributed by atoms with van der Waals surface area (Å²) in [5, 5.41) is 15.6. The number of carboxylic acids is 1. The third-order valence-corrected chi connectivity index (χ3v) is 6.16. The molecule has 0 radical (unpaired) electrons. The van der Waals surface area contributed by atoms with Gasteiger partial charge in [-0.15, -0.1) is 0 Å². The predicted molar refractivity (Wildman–Crippen MR) is 143 cm³/mol. The molecule has 1 unspecified atom stereocenters. The topological polar surface area (TPSA) is 110 Å². The summed E-state index contributed by atoms with van der Waals surface area (Å²) in [6, 6.07) is 10.5. The molecule has 2 amide bonds. The van der Waals surface area contributed by atoms with E-state index in [-0.39, 0.29) is 5.82 Å². The number of anilines is 2. The Balaban J connectivity index is 1.81. The van der Waals surface area contributed by atoms with Crippen molar-refractivity contribution in [1.82, 2.24) is 4.98 Å². The molecule has 0 saturated carbocycles. The zero-order valence-electron chi connectivity index (χ0n) is 22.1. The molecule has 2 aromatic carbocycles. The number of ether oxygens (including phenoxy) is 2. The first kappa shape index (κ1) is 27.1. The van der Waals surface area contributed by atoms with E-state index in [4.69, 9.17) is 9.47 Å². The standard InChI is InChI=1S/C29H32FN3O5/c1-16-23(25(27(34)35)38-29(3,4)5)24(19-8-13-22-18(15-19)7-6-14-37-22)17(2)31-26(16)33-28(36)32-21-11-9-20(30)10-12-21/h8-13,15,25H,6-7,14H2,1-5H3,(H,34,35)(H2,31,32,33,36). The third-order valence-electron chi connectivity index (χ3n) is 6.16. The Kier molecular flexibility index (Phi) is 7.68. The van der Waals surface area contributed by atoms with Gasteiger partial charge >= 0.3 is 12.0 Å². The van der Waals surface area contributed by atoms with Crippen LogP contribution < -0.4 is 15.4 Å². The number of amides is 2. The van der Waals surface area contributed by atoms with Crippen molar-refractivity contribution in [3.63, 3.8) is 0 Å². The van der Waals surface area contributed by atoms with E-state index >= 15 is 0 Å². The molecular formula is C29H32FN3O5. The van der Waals surface area contributed by atoms with Gasteiger partial charge in [0.25, 0.3) is 0 Å². The maximum atomic E-state index is 13.2. The first-order valence-corrected chi connectivity index (χ1v) is 12.4.